The molecule has 0 spiro atoms. The maximum absolute atomic E-state index is 12.7. The second-order valence-electron chi connectivity index (χ2n) is 2.43. The molecule has 0 nitrogen and oxygen atoms in total. The zero-order valence-corrected chi connectivity index (χ0v) is 12.6. The summed E-state index contributed by atoms with van der Waals surface area (Å²) in [6.45, 7) is 3.10. The summed E-state index contributed by atoms with van der Waals surface area (Å²) < 4.78 is 48.9. The van der Waals surface area contributed by atoms with E-state index in [2.05, 4.69) is 20.5 Å². The quantitative estimate of drug-likeness (QED) is 0.364. The number of halogens is 6. The fourth-order valence-electron chi connectivity index (χ4n) is 0.810. The molecule has 80 valence electrons. The van der Waals surface area contributed by atoms with Gasteiger partial charge >= 0.3 is 36.1 Å². The van der Waals surface area contributed by atoms with Crippen molar-refractivity contribution < 1.29 is 33.9 Å². The second kappa shape index (κ2) is 6.07. The monoisotopic (exact) mass is 354 g/mol. The fraction of sp³-hybridized carbons (Fsp3) is 0.125. The van der Waals surface area contributed by atoms with Crippen LogP contribution in [0.15, 0.2) is 12.1 Å². The predicted molar refractivity (Wildman–Crippen MR) is 49.8 cm³/mol. The normalized spacial score (nSPS) is 10.7. The topological polar surface area (TPSA) is 0 Å². The molecule has 0 aliphatic rings. The molecule has 0 amide bonds. The summed E-state index contributed by atoms with van der Waals surface area (Å²) in [5.41, 5.74) is -1.36. The molecular weight excluding hydrogens is 353 g/mol. The molecule has 15 heavy (non-hydrogen) atoms. The van der Waals surface area contributed by atoms with E-state index in [1.165, 1.54) is 16.3 Å². The standard InChI is InChI=1S/C8H4ClF4.BrH.Zn/c1-4-2-5(8(11,12)13)3-6(9)7(4)10;;/h2-3H,1H2;1H;/q-1;;+2/p-1. The maximum atomic E-state index is 12.7. The first-order valence-electron chi connectivity index (χ1n) is 3.47. The van der Waals surface area contributed by atoms with E-state index in [9.17, 15) is 17.6 Å². The van der Waals surface area contributed by atoms with Crippen molar-refractivity contribution in [3.05, 3.63) is 41.0 Å². The molecule has 0 N–H and O–H groups in total. The Kier molecular flexibility index (Phi) is 6.15. The molecule has 0 saturated carbocycles. The van der Waals surface area contributed by atoms with Crippen LogP contribution in [-0.2, 0) is 22.5 Å². The third-order valence-electron chi connectivity index (χ3n) is 1.43. The molecule has 0 aromatic heterocycles. The van der Waals surface area contributed by atoms with Gasteiger partial charge in [0.1, 0.15) is 0 Å². The van der Waals surface area contributed by atoms with Crippen molar-refractivity contribution >= 4 is 25.2 Å². The number of alkyl halides is 3. The Labute approximate surface area is 106 Å². The van der Waals surface area contributed by atoms with Gasteiger partial charge in [-0.25, -0.2) is 0 Å². The zero-order chi connectivity index (χ0) is 12.2. The van der Waals surface area contributed by atoms with Crippen molar-refractivity contribution in [3.63, 3.8) is 0 Å². The summed E-state index contributed by atoms with van der Waals surface area (Å²) in [6, 6.07) is 1.15. The van der Waals surface area contributed by atoms with Gasteiger partial charge in [-0.2, -0.15) is 25.7 Å². The minimum atomic E-state index is -4.52. The van der Waals surface area contributed by atoms with Crippen LogP contribution in [0.2, 0.25) is 5.02 Å². The molecule has 1 rings (SSSR count). The summed E-state index contributed by atoms with van der Waals surface area (Å²) in [6.07, 6.45) is -4.52. The first-order chi connectivity index (χ1) is 6.82. The van der Waals surface area contributed by atoms with Gasteiger partial charge in [-0.3, -0.25) is 4.39 Å². The van der Waals surface area contributed by atoms with E-state index >= 15 is 0 Å². The van der Waals surface area contributed by atoms with Crippen molar-refractivity contribution in [2.75, 3.05) is 0 Å². The molecule has 0 unspecified atom stereocenters. The van der Waals surface area contributed by atoms with E-state index in [1.54, 1.807) is 0 Å². The Morgan fingerprint density at radius 3 is 2.07 bits per heavy atom. The Balaban J connectivity index is 0.000000921. The van der Waals surface area contributed by atoms with Crippen LogP contribution in [0.3, 0.4) is 0 Å². The molecule has 0 aliphatic carbocycles. The minimum absolute atomic E-state index is 0.361. The molecule has 0 radical (unpaired) electrons. The van der Waals surface area contributed by atoms with Crippen molar-refractivity contribution in [2.45, 2.75) is 6.18 Å². The van der Waals surface area contributed by atoms with Gasteiger partial charge in [-0.05, 0) is 0 Å². The van der Waals surface area contributed by atoms with Gasteiger partial charge in [-0.15, -0.1) is 6.07 Å². The average Bonchev–Trinajstić information content (AvgIpc) is 2.15. The van der Waals surface area contributed by atoms with Crippen molar-refractivity contribution in [1.82, 2.24) is 0 Å². The van der Waals surface area contributed by atoms with E-state index in [4.69, 9.17) is 11.6 Å². The number of hydrogen-bond donors (Lipinski definition) is 0. The number of rotatable bonds is 0. The van der Waals surface area contributed by atoms with Gasteiger partial charge in [0.15, 0.2) is 0 Å². The van der Waals surface area contributed by atoms with Gasteiger partial charge in [0.25, 0.3) is 0 Å². The van der Waals surface area contributed by atoms with Crippen molar-refractivity contribution in [3.8, 4) is 0 Å². The molecule has 0 saturated heterocycles. The molecule has 1 aromatic rings. The van der Waals surface area contributed by atoms with Gasteiger partial charge < -0.3 is 0 Å². The molecular formula is C8H4BrClF4Zn. The summed E-state index contributed by atoms with van der Waals surface area (Å²) >= 11 is 9.46. The zero-order valence-electron chi connectivity index (χ0n) is 7.34. The van der Waals surface area contributed by atoms with Gasteiger partial charge in [0, 0.05) is 16.4 Å². The molecule has 0 fully saturated rings. The second-order valence-corrected chi connectivity index (χ2v) is 2.84. The van der Waals surface area contributed by atoms with Crippen LogP contribution in [0.1, 0.15) is 11.1 Å². The van der Waals surface area contributed by atoms with E-state index in [-0.39, 0.29) is 5.56 Å². The van der Waals surface area contributed by atoms with Crippen LogP contribution in [-0.4, -0.2) is 0 Å². The molecule has 1 aromatic carbocycles. The first kappa shape index (κ1) is 15.2. The molecule has 0 bridgehead atoms. The van der Waals surface area contributed by atoms with Gasteiger partial charge in [-0.1, -0.05) is 17.7 Å². The summed E-state index contributed by atoms with van der Waals surface area (Å²) in [5.74, 6) is -0.922. The van der Waals surface area contributed by atoms with Crippen LogP contribution in [0.5, 0.6) is 0 Å². The fourth-order valence-corrected chi connectivity index (χ4v) is 1.05. The number of hydrogen-bond acceptors (Lipinski definition) is 0. The molecule has 7 heteroatoms. The summed E-state index contributed by atoms with van der Waals surface area (Å²) in [5, 5.41) is -0.570. The van der Waals surface area contributed by atoms with Crippen molar-refractivity contribution in [2.24, 2.45) is 0 Å². The third-order valence-corrected chi connectivity index (χ3v) is 1.71. The Hall–Kier alpha value is 0.203. The predicted octanol–water partition coefficient (Wildman–Crippen LogP) is 4.52. The first-order valence-corrected chi connectivity index (χ1v) is 10.8. The summed E-state index contributed by atoms with van der Waals surface area (Å²) in [4.78, 5) is 0. The average molecular weight is 357 g/mol. The van der Waals surface area contributed by atoms with E-state index in [0.717, 1.165) is 0 Å². The van der Waals surface area contributed by atoms with E-state index < -0.39 is 22.6 Å². The molecule has 0 aliphatic heterocycles. The van der Waals surface area contributed by atoms with Gasteiger partial charge in [0.05, 0.1) is 0 Å². The van der Waals surface area contributed by atoms with E-state index in [1.807, 2.05) is 0 Å². The number of benzene rings is 1. The van der Waals surface area contributed by atoms with Crippen LogP contribution in [0, 0.1) is 12.7 Å². The third kappa shape index (κ3) is 4.29. The van der Waals surface area contributed by atoms with E-state index in [0.29, 0.717) is 12.1 Å². The SMILES string of the molecule is [CH2-]c1cc(C(F)(F)F)cc(Cl)c1F.[Zn+][Br]. The Bertz CT molecular complexity index is 317. The summed E-state index contributed by atoms with van der Waals surface area (Å²) in [7, 11) is 0. The molecule has 0 atom stereocenters. The Morgan fingerprint density at radius 2 is 1.73 bits per heavy atom. The van der Waals surface area contributed by atoms with Crippen LogP contribution >= 0.6 is 25.2 Å². The van der Waals surface area contributed by atoms with Crippen LogP contribution in [0.4, 0.5) is 17.6 Å². The molecule has 0 heterocycles. The van der Waals surface area contributed by atoms with Crippen LogP contribution in [0.25, 0.3) is 0 Å². The Morgan fingerprint density at radius 1 is 1.27 bits per heavy atom. The van der Waals surface area contributed by atoms with Gasteiger partial charge in [0.2, 0.25) is 0 Å². The van der Waals surface area contributed by atoms with Crippen molar-refractivity contribution in [1.29, 1.82) is 0 Å². The van der Waals surface area contributed by atoms with Crippen LogP contribution < -0.4 is 0 Å².